The van der Waals surface area contributed by atoms with E-state index < -0.39 is 0 Å². The summed E-state index contributed by atoms with van der Waals surface area (Å²) in [6.45, 7) is 0.406. The number of carbonyl (C=O) groups is 1. The molecule has 1 rings (SSSR count). The van der Waals surface area contributed by atoms with Crippen molar-refractivity contribution in [3.63, 3.8) is 0 Å². The number of rotatable bonds is 2. The van der Waals surface area contributed by atoms with Crippen molar-refractivity contribution < 1.29 is 4.79 Å². The first-order valence-electron chi connectivity index (χ1n) is 4.61. The van der Waals surface area contributed by atoms with Crippen LogP contribution in [0.5, 0.6) is 0 Å². The number of nitrogens with zero attached hydrogens (tertiary/aromatic N) is 1. The third-order valence-corrected chi connectivity index (χ3v) is 2.28. The molecule has 0 aromatic carbocycles. The highest BCUT2D eigenvalue weighted by molar-refractivity contribution is 5.80. The van der Waals surface area contributed by atoms with E-state index in [-0.39, 0.29) is 11.8 Å². The van der Waals surface area contributed by atoms with Crippen molar-refractivity contribution in [3.8, 4) is 12.3 Å². The van der Waals surface area contributed by atoms with Crippen LogP contribution in [0.2, 0.25) is 0 Å². The summed E-state index contributed by atoms with van der Waals surface area (Å²) in [5, 5.41) is 0. The number of terminal acetylenes is 1. The Bertz CT molecular complexity index is 249. The van der Waals surface area contributed by atoms with Crippen LogP contribution in [0.4, 0.5) is 0 Å². The Morgan fingerprint density at radius 3 is 3.08 bits per heavy atom. The summed E-state index contributed by atoms with van der Waals surface area (Å²) in [6, 6.07) is 0. The van der Waals surface area contributed by atoms with Gasteiger partial charge in [0.15, 0.2) is 0 Å². The predicted octanol–water partition coefficient (Wildman–Crippen LogP) is 1.43. The van der Waals surface area contributed by atoms with Gasteiger partial charge in [0.1, 0.15) is 0 Å². The van der Waals surface area contributed by atoms with E-state index in [4.69, 9.17) is 6.42 Å². The molecule has 0 heterocycles. The molecule has 0 bridgehead atoms. The van der Waals surface area contributed by atoms with Crippen LogP contribution in [-0.2, 0) is 4.79 Å². The van der Waals surface area contributed by atoms with E-state index in [0.717, 1.165) is 19.3 Å². The van der Waals surface area contributed by atoms with Gasteiger partial charge in [-0.15, -0.1) is 6.42 Å². The van der Waals surface area contributed by atoms with Crippen LogP contribution in [0, 0.1) is 18.3 Å². The Morgan fingerprint density at radius 1 is 1.77 bits per heavy atom. The van der Waals surface area contributed by atoms with Gasteiger partial charge in [-0.3, -0.25) is 4.79 Å². The van der Waals surface area contributed by atoms with E-state index in [1.165, 1.54) is 0 Å². The molecule has 2 nitrogen and oxygen atoms in total. The zero-order valence-electron chi connectivity index (χ0n) is 7.99. The van der Waals surface area contributed by atoms with Gasteiger partial charge < -0.3 is 4.90 Å². The van der Waals surface area contributed by atoms with Gasteiger partial charge in [-0.1, -0.05) is 18.1 Å². The van der Waals surface area contributed by atoms with E-state index >= 15 is 0 Å². The number of carbonyl (C=O) groups excluding carboxylic acids is 1. The lowest BCUT2D eigenvalue weighted by Gasteiger charge is -2.21. The fraction of sp³-hybridized carbons (Fsp3) is 0.545. The van der Waals surface area contributed by atoms with E-state index in [1.54, 1.807) is 11.9 Å². The van der Waals surface area contributed by atoms with Crippen molar-refractivity contribution >= 4 is 5.91 Å². The van der Waals surface area contributed by atoms with Gasteiger partial charge in [-0.2, -0.15) is 0 Å². The maximum atomic E-state index is 11.7. The second kappa shape index (κ2) is 4.71. The molecule has 0 saturated heterocycles. The fourth-order valence-corrected chi connectivity index (χ4v) is 1.52. The van der Waals surface area contributed by atoms with Gasteiger partial charge in [0.05, 0.1) is 12.5 Å². The summed E-state index contributed by atoms with van der Waals surface area (Å²) in [6.07, 6.45) is 12.4. The normalized spacial score (nSPS) is 20.8. The topological polar surface area (TPSA) is 20.3 Å². The Hall–Kier alpha value is -1.23. The van der Waals surface area contributed by atoms with Gasteiger partial charge in [-0.25, -0.2) is 0 Å². The van der Waals surface area contributed by atoms with Crippen LogP contribution in [0.25, 0.3) is 0 Å². The van der Waals surface area contributed by atoms with Crippen molar-refractivity contribution in [2.75, 3.05) is 13.6 Å². The summed E-state index contributed by atoms with van der Waals surface area (Å²) in [5.74, 6) is 2.68. The highest BCUT2D eigenvalue weighted by Crippen LogP contribution is 2.18. The number of hydrogen-bond donors (Lipinski definition) is 0. The second-order valence-electron chi connectivity index (χ2n) is 3.36. The minimum atomic E-state index is 0.0621. The molecule has 1 aliphatic rings. The molecule has 0 aromatic heterocycles. The lowest BCUT2D eigenvalue weighted by atomic mass is 9.95. The molecular weight excluding hydrogens is 162 g/mol. The SMILES string of the molecule is C#CCN(C)C(=O)C1C=CCCC1. The van der Waals surface area contributed by atoms with Gasteiger partial charge in [-0.05, 0) is 19.3 Å². The second-order valence-corrected chi connectivity index (χ2v) is 3.36. The maximum Gasteiger partial charge on any atom is 0.230 e. The molecule has 0 spiro atoms. The lowest BCUT2D eigenvalue weighted by Crippen LogP contribution is -2.32. The average Bonchev–Trinajstić information content (AvgIpc) is 2.18. The number of amides is 1. The maximum absolute atomic E-state index is 11.7. The lowest BCUT2D eigenvalue weighted by molar-refractivity contribution is -0.132. The highest BCUT2D eigenvalue weighted by atomic mass is 16.2. The highest BCUT2D eigenvalue weighted by Gasteiger charge is 2.19. The minimum absolute atomic E-state index is 0.0621. The summed E-state index contributed by atoms with van der Waals surface area (Å²) in [5.41, 5.74) is 0. The summed E-state index contributed by atoms with van der Waals surface area (Å²) < 4.78 is 0. The van der Waals surface area contributed by atoms with Gasteiger partial charge in [0.2, 0.25) is 5.91 Å². The largest absolute Gasteiger partial charge is 0.334 e. The molecule has 1 unspecified atom stereocenters. The van der Waals surface area contributed by atoms with Crippen LogP contribution in [0.1, 0.15) is 19.3 Å². The van der Waals surface area contributed by atoms with E-state index in [1.807, 2.05) is 6.08 Å². The standard InChI is InChI=1S/C11H15NO/c1-3-9-12(2)11(13)10-7-5-4-6-8-10/h1,5,7,10H,4,6,8-9H2,2H3. The van der Waals surface area contributed by atoms with Gasteiger partial charge >= 0.3 is 0 Å². The Balaban J connectivity index is 2.51. The third kappa shape index (κ3) is 2.62. The molecular formula is C11H15NO. The van der Waals surface area contributed by atoms with Gasteiger partial charge in [0.25, 0.3) is 0 Å². The molecule has 0 aliphatic heterocycles. The fourth-order valence-electron chi connectivity index (χ4n) is 1.52. The van der Waals surface area contributed by atoms with Crippen molar-refractivity contribution in [1.82, 2.24) is 4.90 Å². The molecule has 0 fully saturated rings. The summed E-state index contributed by atoms with van der Waals surface area (Å²) in [7, 11) is 1.75. The molecule has 0 radical (unpaired) electrons. The quantitative estimate of drug-likeness (QED) is 0.461. The van der Waals surface area contributed by atoms with Crippen LogP contribution in [0.15, 0.2) is 12.2 Å². The first-order valence-corrected chi connectivity index (χ1v) is 4.61. The first-order chi connectivity index (χ1) is 6.25. The molecule has 0 N–H and O–H groups in total. The third-order valence-electron chi connectivity index (χ3n) is 2.28. The van der Waals surface area contributed by atoms with E-state index in [9.17, 15) is 4.79 Å². The van der Waals surface area contributed by atoms with Crippen molar-refractivity contribution in [3.05, 3.63) is 12.2 Å². The van der Waals surface area contributed by atoms with Crippen molar-refractivity contribution in [2.24, 2.45) is 5.92 Å². The Kier molecular flexibility index (Phi) is 3.57. The van der Waals surface area contributed by atoms with E-state index in [0.29, 0.717) is 6.54 Å². The van der Waals surface area contributed by atoms with Crippen LogP contribution in [-0.4, -0.2) is 24.4 Å². The molecule has 1 amide bonds. The smallest absolute Gasteiger partial charge is 0.230 e. The molecule has 2 heteroatoms. The van der Waals surface area contributed by atoms with Crippen LogP contribution >= 0.6 is 0 Å². The van der Waals surface area contributed by atoms with Crippen molar-refractivity contribution in [1.29, 1.82) is 0 Å². The molecule has 70 valence electrons. The number of hydrogen-bond acceptors (Lipinski definition) is 1. The molecule has 0 saturated carbocycles. The zero-order chi connectivity index (χ0) is 9.68. The predicted molar refractivity (Wildman–Crippen MR) is 53.0 cm³/mol. The Labute approximate surface area is 79.6 Å². The summed E-state index contributed by atoms with van der Waals surface area (Å²) >= 11 is 0. The summed E-state index contributed by atoms with van der Waals surface area (Å²) in [4.78, 5) is 13.3. The van der Waals surface area contributed by atoms with Crippen molar-refractivity contribution in [2.45, 2.75) is 19.3 Å². The average molecular weight is 177 g/mol. The molecule has 1 aliphatic carbocycles. The molecule has 1 atom stereocenters. The zero-order valence-corrected chi connectivity index (χ0v) is 7.99. The van der Waals surface area contributed by atoms with Crippen LogP contribution in [0.3, 0.4) is 0 Å². The van der Waals surface area contributed by atoms with E-state index in [2.05, 4.69) is 12.0 Å². The number of allylic oxidation sites excluding steroid dienone is 1. The molecule has 0 aromatic rings. The van der Waals surface area contributed by atoms with Gasteiger partial charge in [0, 0.05) is 7.05 Å². The first kappa shape index (κ1) is 9.85. The minimum Gasteiger partial charge on any atom is -0.334 e. The van der Waals surface area contributed by atoms with Crippen LogP contribution < -0.4 is 0 Å². The molecule has 13 heavy (non-hydrogen) atoms. The Morgan fingerprint density at radius 2 is 2.54 bits per heavy atom. The monoisotopic (exact) mass is 177 g/mol.